The van der Waals surface area contributed by atoms with Crippen molar-refractivity contribution < 1.29 is 34.7 Å². The Kier molecular flexibility index (Phi) is 17.3. The lowest BCUT2D eigenvalue weighted by atomic mass is 9.69. The summed E-state index contributed by atoms with van der Waals surface area (Å²) in [5.41, 5.74) is 2.92. The summed E-state index contributed by atoms with van der Waals surface area (Å²) in [4.78, 5) is 12.4. The van der Waals surface area contributed by atoms with E-state index in [1.807, 2.05) is 91.0 Å². The average molecular weight is 761 g/mol. The predicted molar refractivity (Wildman–Crippen MR) is 209 cm³/mol. The number of aliphatic carboxylic acids is 1. The molecule has 5 N–H and O–H groups in total. The molecular formula is C43H47Cl2NO7. The Hall–Kier alpha value is -4.25. The number of hydrogen-bond acceptors (Lipinski definition) is 7. The first-order valence-corrected chi connectivity index (χ1v) is 18.3. The highest BCUT2D eigenvalue weighted by Crippen LogP contribution is 2.39. The van der Waals surface area contributed by atoms with Crippen LogP contribution in [0.3, 0.4) is 0 Å². The maximum atomic E-state index is 12.4. The SMILES string of the molecule is O=C(O)C(c1ccccc1)(c1ccccc1)c1ccccc1.OCc1cc([C@@H](O)CNCCCCCOCCOCc2c(Cl)cccc2Cl)ccc1O. The molecule has 5 aromatic carbocycles. The molecule has 0 saturated carbocycles. The normalized spacial score (nSPS) is 11.8. The zero-order valence-electron chi connectivity index (χ0n) is 29.5. The van der Waals surface area contributed by atoms with Crippen molar-refractivity contribution in [2.75, 3.05) is 32.9 Å². The van der Waals surface area contributed by atoms with E-state index in [-0.39, 0.29) is 12.4 Å². The van der Waals surface area contributed by atoms with E-state index in [0.717, 1.165) is 48.1 Å². The maximum Gasteiger partial charge on any atom is 0.323 e. The van der Waals surface area contributed by atoms with Gasteiger partial charge in [-0.3, -0.25) is 4.79 Å². The van der Waals surface area contributed by atoms with Gasteiger partial charge in [-0.1, -0.05) is 126 Å². The first kappa shape index (κ1) is 41.5. The number of carboxylic acids is 1. The molecule has 280 valence electrons. The summed E-state index contributed by atoms with van der Waals surface area (Å²) in [6.07, 6.45) is 2.27. The second kappa shape index (κ2) is 22.1. The lowest BCUT2D eigenvalue weighted by molar-refractivity contribution is -0.140. The van der Waals surface area contributed by atoms with Gasteiger partial charge in [0.05, 0.1) is 32.5 Å². The van der Waals surface area contributed by atoms with Crippen LogP contribution >= 0.6 is 23.2 Å². The molecule has 0 amide bonds. The molecule has 0 aromatic heterocycles. The van der Waals surface area contributed by atoms with Crippen LogP contribution in [0.15, 0.2) is 127 Å². The molecule has 0 aliphatic rings. The minimum absolute atomic E-state index is 0.0326. The molecule has 53 heavy (non-hydrogen) atoms. The van der Waals surface area contributed by atoms with E-state index in [0.29, 0.717) is 54.1 Å². The summed E-state index contributed by atoms with van der Waals surface area (Å²) in [6.45, 7) is 3.00. The number of ether oxygens (including phenoxy) is 2. The van der Waals surface area contributed by atoms with Crippen molar-refractivity contribution in [2.24, 2.45) is 0 Å². The van der Waals surface area contributed by atoms with Crippen molar-refractivity contribution >= 4 is 29.2 Å². The number of carboxylic acid groups (broad SMARTS) is 1. The highest BCUT2D eigenvalue weighted by atomic mass is 35.5. The number of halogens is 2. The van der Waals surface area contributed by atoms with E-state index < -0.39 is 17.5 Å². The van der Waals surface area contributed by atoms with Crippen molar-refractivity contribution in [1.82, 2.24) is 5.32 Å². The summed E-state index contributed by atoms with van der Waals surface area (Å²) in [7, 11) is 0. The Morgan fingerprint density at radius 1 is 0.698 bits per heavy atom. The molecule has 0 spiro atoms. The van der Waals surface area contributed by atoms with Crippen molar-refractivity contribution in [3.63, 3.8) is 0 Å². The van der Waals surface area contributed by atoms with E-state index in [1.165, 1.54) is 6.07 Å². The van der Waals surface area contributed by atoms with Crippen LogP contribution in [-0.4, -0.2) is 59.3 Å². The molecule has 1 atom stereocenters. The van der Waals surface area contributed by atoms with Gasteiger partial charge in [-0.25, -0.2) is 0 Å². The van der Waals surface area contributed by atoms with Crippen LogP contribution in [0, 0.1) is 0 Å². The zero-order valence-corrected chi connectivity index (χ0v) is 31.1. The quantitative estimate of drug-likeness (QED) is 0.0420. The summed E-state index contributed by atoms with van der Waals surface area (Å²) < 4.78 is 11.1. The van der Waals surface area contributed by atoms with Gasteiger partial charge in [0.1, 0.15) is 11.2 Å². The van der Waals surface area contributed by atoms with Gasteiger partial charge in [0, 0.05) is 34.3 Å². The van der Waals surface area contributed by atoms with Crippen LogP contribution in [0.25, 0.3) is 0 Å². The van der Waals surface area contributed by atoms with Crippen LogP contribution < -0.4 is 5.32 Å². The molecule has 0 bridgehead atoms. The van der Waals surface area contributed by atoms with Crippen molar-refractivity contribution in [2.45, 2.75) is 44.0 Å². The smallest absolute Gasteiger partial charge is 0.323 e. The van der Waals surface area contributed by atoms with Crippen LogP contribution in [-0.2, 0) is 32.9 Å². The number of aliphatic hydroxyl groups is 2. The Morgan fingerprint density at radius 2 is 1.25 bits per heavy atom. The van der Waals surface area contributed by atoms with Gasteiger partial charge >= 0.3 is 5.97 Å². The number of carbonyl (C=O) groups is 1. The largest absolute Gasteiger partial charge is 0.508 e. The third-order valence-electron chi connectivity index (χ3n) is 8.76. The van der Waals surface area contributed by atoms with Crippen LogP contribution in [0.5, 0.6) is 5.75 Å². The molecule has 0 aliphatic carbocycles. The first-order chi connectivity index (χ1) is 25.8. The van der Waals surface area contributed by atoms with E-state index in [1.54, 1.807) is 30.3 Å². The third-order valence-corrected chi connectivity index (χ3v) is 9.47. The van der Waals surface area contributed by atoms with Crippen molar-refractivity contribution in [3.8, 4) is 5.75 Å². The fraction of sp³-hybridized carbons (Fsp3) is 0.279. The highest BCUT2D eigenvalue weighted by Gasteiger charge is 2.43. The van der Waals surface area contributed by atoms with Crippen LogP contribution in [0.4, 0.5) is 0 Å². The second-order valence-electron chi connectivity index (χ2n) is 12.3. The zero-order chi connectivity index (χ0) is 37.9. The number of aliphatic hydroxyl groups excluding tert-OH is 2. The second-order valence-corrected chi connectivity index (χ2v) is 13.2. The van der Waals surface area contributed by atoms with E-state index in [4.69, 9.17) is 32.7 Å². The summed E-state index contributed by atoms with van der Waals surface area (Å²) >= 11 is 12.2. The number of nitrogens with one attached hydrogen (secondary N) is 1. The fourth-order valence-corrected chi connectivity index (χ4v) is 6.43. The molecule has 8 nitrogen and oxygen atoms in total. The Morgan fingerprint density at radius 3 is 1.77 bits per heavy atom. The van der Waals surface area contributed by atoms with Crippen LogP contribution in [0.2, 0.25) is 10.0 Å². The van der Waals surface area contributed by atoms with Crippen molar-refractivity contribution in [1.29, 1.82) is 0 Å². The van der Waals surface area contributed by atoms with Gasteiger partial charge in [0.2, 0.25) is 0 Å². The lowest BCUT2D eigenvalue weighted by Gasteiger charge is -2.31. The molecule has 0 unspecified atom stereocenters. The average Bonchev–Trinajstić information content (AvgIpc) is 3.18. The van der Waals surface area contributed by atoms with Crippen molar-refractivity contribution in [3.05, 3.63) is 171 Å². The molecule has 10 heteroatoms. The number of benzene rings is 5. The molecule has 5 rings (SSSR count). The summed E-state index contributed by atoms with van der Waals surface area (Å²) in [5.74, 6) is -0.846. The molecule has 0 heterocycles. The number of rotatable bonds is 19. The molecule has 0 aliphatic heterocycles. The topological polar surface area (TPSA) is 128 Å². The minimum atomic E-state index is -1.20. The number of phenols is 1. The monoisotopic (exact) mass is 759 g/mol. The first-order valence-electron chi connectivity index (χ1n) is 17.6. The van der Waals surface area contributed by atoms with Gasteiger partial charge in [-0.05, 0) is 72.3 Å². The molecule has 0 saturated heterocycles. The summed E-state index contributed by atoms with van der Waals surface area (Å²) in [6, 6.07) is 38.3. The molecular weight excluding hydrogens is 713 g/mol. The fourth-order valence-electron chi connectivity index (χ4n) is 5.93. The van der Waals surface area contributed by atoms with E-state index in [2.05, 4.69) is 5.32 Å². The predicted octanol–water partition coefficient (Wildman–Crippen LogP) is 8.32. The minimum Gasteiger partial charge on any atom is -0.508 e. The Bertz CT molecular complexity index is 1690. The number of unbranched alkanes of at least 4 members (excludes halogenated alkanes) is 2. The Labute approximate surface area is 321 Å². The molecule has 0 radical (unpaired) electrons. The van der Waals surface area contributed by atoms with Crippen LogP contribution in [0.1, 0.15) is 58.7 Å². The van der Waals surface area contributed by atoms with E-state index >= 15 is 0 Å². The molecule has 0 fully saturated rings. The lowest BCUT2D eigenvalue weighted by Crippen LogP contribution is -2.38. The third kappa shape index (κ3) is 11.9. The molecule has 5 aromatic rings. The summed E-state index contributed by atoms with van der Waals surface area (Å²) in [5, 5.41) is 43.6. The standard InChI is InChI=1S/C23H31Cl2NO5.C20H16O2/c24-20-5-4-6-21(25)19(20)16-31-12-11-30-10-3-1-2-9-26-14-23(29)17-7-8-22(28)18(13-17)15-27;21-19(22)20(16-10-4-1-5-11-16,17-12-6-2-7-13-17)18-14-8-3-9-15-18/h4-8,13,23,26-29H,1-3,9-12,14-16H2;1-15H,(H,21,22)/t23-;/m0./s1. The number of aromatic hydroxyl groups is 1. The van der Waals surface area contributed by atoms with E-state index in [9.17, 15) is 25.2 Å². The van der Waals surface area contributed by atoms with Gasteiger partial charge in [-0.2, -0.15) is 0 Å². The maximum absolute atomic E-state index is 12.4. The van der Waals surface area contributed by atoms with Gasteiger partial charge in [-0.15, -0.1) is 0 Å². The van der Waals surface area contributed by atoms with Gasteiger partial charge in [0.15, 0.2) is 0 Å². The highest BCUT2D eigenvalue weighted by molar-refractivity contribution is 6.35. The van der Waals surface area contributed by atoms with Gasteiger partial charge < -0.3 is 35.2 Å². The van der Waals surface area contributed by atoms with Gasteiger partial charge in [0.25, 0.3) is 0 Å². The Balaban J connectivity index is 0.000000250. The number of hydrogen-bond donors (Lipinski definition) is 5.